The summed E-state index contributed by atoms with van der Waals surface area (Å²) in [6.45, 7) is 0. The highest BCUT2D eigenvalue weighted by Gasteiger charge is 2.51. The molecule has 10 aromatic carbocycles. The lowest BCUT2D eigenvalue weighted by Gasteiger charge is -2.32. The summed E-state index contributed by atoms with van der Waals surface area (Å²) in [7, 11) is 0. The van der Waals surface area contributed by atoms with Gasteiger partial charge in [0, 0.05) is 22.3 Å². The summed E-state index contributed by atoms with van der Waals surface area (Å²) in [6, 6.07) is 82.1. The van der Waals surface area contributed by atoms with Gasteiger partial charge in [-0.15, -0.1) is 0 Å². The van der Waals surface area contributed by atoms with Gasteiger partial charge in [-0.1, -0.05) is 182 Å². The summed E-state index contributed by atoms with van der Waals surface area (Å²) in [5, 5.41) is 4.57. The Balaban J connectivity index is 1.11. The Labute approximate surface area is 354 Å². The number of anilines is 3. The zero-order valence-electron chi connectivity index (χ0n) is 33.2. The summed E-state index contributed by atoms with van der Waals surface area (Å²) >= 11 is 0. The summed E-state index contributed by atoms with van der Waals surface area (Å²) in [6.07, 6.45) is 0. The number of furan rings is 1. The molecule has 2 heteroatoms. The largest absolute Gasteiger partial charge is 0.455 e. The van der Waals surface area contributed by atoms with Crippen molar-refractivity contribution >= 4 is 49.8 Å². The van der Waals surface area contributed by atoms with Gasteiger partial charge in [-0.25, -0.2) is 0 Å². The van der Waals surface area contributed by atoms with Crippen molar-refractivity contribution in [3.05, 3.63) is 247 Å². The van der Waals surface area contributed by atoms with Crippen molar-refractivity contribution < 1.29 is 4.42 Å². The molecule has 0 bridgehead atoms. The van der Waals surface area contributed by atoms with Gasteiger partial charge in [0.25, 0.3) is 0 Å². The molecule has 0 fully saturated rings. The number of nitrogens with zero attached hydrogens (tertiary/aromatic N) is 1. The quantitative estimate of drug-likeness (QED) is 0.173. The van der Waals surface area contributed by atoms with E-state index in [2.05, 4.69) is 229 Å². The van der Waals surface area contributed by atoms with E-state index in [4.69, 9.17) is 4.42 Å². The van der Waals surface area contributed by atoms with Crippen LogP contribution in [-0.2, 0) is 5.41 Å². The first-order valence-electron chi connectivity index (χ1n) is 21.1. The molecule has 61 heavy (non-hydrogen) atoms. The minimum Gasteiger partial charge on any atom is -0.455 e. The van der Waals surface area contributed by atoms with Crippen LogP contribution in [-0.4, -0.2) is 0 Å². The van der Waals surface area contributed by atoms with Gasteiger partial charge in [0.2, 0.25) is 0 Å². The average Bonchev–Trinajstić information content (AvgIpc) is 3.97. The molecule has 0 unspecified atom stereocenters. The molecule has 0 atom stereocenters. The molecular formula is C59H37NO. The topological polar surface area (TPSA) is 16.4 Å². The molecule has 1 heterocycles. The maximum absolute atomic E-state index is 7.03. The highest BCUT2D eigenvalue weighted by atomic mass is 16.3. The third-order valence-electron chi connectivity index (χ3n) is 13.3. The maximum Gasteiger partial charge on any atom is 0.143 e. The van der Waals surface area contributed by atoms with Gasteiger partial charge in [-0.2, -0.15) is 0 Å². The minimum atomic E-state index is -0.465. The molecule has 11 aromatic rings. The van der Waals surface area contributed by atoms with E-state index in [0.717, 1.165) is 50.1 Å². The molecule has 0 aliphatic heterocycles. The Bertz CT molecular complexity index is 3460. The van der Waals surface area contributed by atoms with Crippen LogP contribution in [0.4, 0.5) is 17.1 Å². The molecule has 284 valence electrons. The molecule has 0 saturated carbocycles. The van der Waals surface area contributed by atoms with Gasteiger partial charge in [0.05, 0.1) is 16.5 Å². The molecule has 2 nitrogen and oxygen atoms in total. The molecule has 0 amide bonds. The van der Waals surface area contributed by atoms with E-state index in [1.807, 2.05) is 0 Å². The smallest absolute Gasteiger partial charge is 0.143 e. The van der Waals surface area contributed by atoms with Crippen LogP contribution in [0.1, 0.15) is 22.3 Å². The van der Waals surface area contributed by atoms with E-state index in [1.165, 1.54) is 66.4 Å². The predicted octanol–water partition coefficient (Wildman–Crippen LogP) is 15.9. The first-order valence-corrected chi connectivity index (χ1v) is 21.1. The first-order chi connectivity index (χ1) is 30.3. The van der Waals surface area contributed by atoms with Gasteiger partial charge in [-0.05, 0) is 114 Å². The molecule has 2 aliphatic rings. The summed E-state index contributed by atoms with van der Waals surface area (Å²) in [5.74, 6) is 0. The van der Waals surface area contributed by atoms with E-state index >= 15 is 0 Å². The maximum atomic E-state index is 7.03. The van der Waals surface area contributed by atoms with E-state index in [1.54, 1.807) is 0 Å². The van der Waals surface area contributed by atoms with Crippen molar-refractivity contribution in [1.29, 1.82) is 0 Å². The van der Waals surface area contributed by atoms with Crippen molar-refractivity contribution in [2.75, 3.05) is 4.90 Å². The molecule has 0 radical (unpaired) electrons. The highest BCUT2D eigenvalue weighted by Crippen LogP contribution is 2.63. The Morgan fingerprint density at radius 2 is 0.885 bits per heavy atom. The predicted molar refractivity (Wildman–Crippen MR) is 253 cm³/mol. The zero-order chi connectivity index (χ0) is 40.1. The third kappa shape index (κ3) is 4.79. The third-order valence-corrected chi connectivity index (χ3v) is 13.3. The normalized spacial score (nSPS) is 13.0. The van der Waals surface area contributed by atoms with Crippen LogP contribution in [0.25, 0.3) is 77.2 Å². The lowest BCUT2D eigenvalue weighted by Crippen LogP contribution is -2.26. The fourth-order valence-electron chi connectivity index (χ4n) is 10.7. The van der Waals surface area contributed by atoms with Crippen molar-refractivity contribution in [2.45, 2.75) is 5.41 Å². The average molecular weight is 776 g/mol. The van der Waals surface area contributed by atoms with E-state index in [0.29, 0.717) is 0 Å². The van der Waals surface area contributed by atoms with Gasteiger partial charge < -0.3 is 9.32 Å². The van der Waals surface area contributed by atoms with E-state index < -0.39 is 5.41 Å². The monoisotopic (exact) mass is 775 g/mol. The second-order valence-electron chi connectivity index (χ2n) is 16.3. The Kier molecular flexibility index (Phi) is 7.26. The summed E-state index contributed by atoms with van der Waals surface area (Å²) < 4.78 is 7.03. The number of fused-ring (bicyclic) bond motifs is 15. The SMILES string of the molecule is c1ccc(-c2ccc(N(c3ccc4c(c3)C3(c5ccccc5-c5ccccc53)c3ccccc3-4)c3cccc4oc5c(-c6ccccc6)cc6ccccc6c5c34)cc2)cc1. The van der Waals surface area contributed by atoms with Crippen molar-refractivity contribution in [3.8, 4) is 44.5 Å². The molecule has 0 N–H and O–H groups in total. The lowest BCUT2D eigenvalue weighted by molar-refractivity contribution is 0.670. The van der Waals surface area contributed by atoms with Gasteiger partial charge in [0.1, 0.15) is 11.2 Å². The lowest BCUT2D eigenvalue weighted by atomic mass is 9.70. The Morgan fingerprint density at radius 3 is 1.56 bits per heavy atom. The van der Waals surface area contributed by atoms with Crippen molar-refractivity contribution in [2.24, 2.45) is 0 Å². The van der Waals surface area contributed by atoms with E-state index in [-0.39, 0.29) is 0 Å². The van der Waals surface area contributed by atoms with Crippen LogP contribution in [0.2, 0.25) is 0 Å². The van der Waals surface area contributed by atoms with Crippen LogP contribution in [0.15, 0.2) is 229 Å². The Hall–Kier alpha value is -7.94. The zero-order valence-corrected chi connectivity index (χ0v) is 33.2. The fourth-order valence-corrected chi connectivity index (χ4v) is 10.7. The van der Waals surface area contributed by atoms with E-state index in [9.17, 15) is 0 Å². The minimum absolute atomic E-state index is 0.465. The highest BCUT2D eigenvalue weighted by molar-refractivity contribution is 6.26. The number of hydrogen-bond acceptors (Lipinski definition) is 2. The van der Waals surface area contributed by atoms with Crippen molar-refractivity contribution in [1.82, 2.24) is 0 Å². The second kappa shape index (κ2) is 13.0. The van der Waals surface area contributed by atoms with Gasteiger partial charge in [-0.3, -0.25) is 0 Å². The van der Waals surface area contributed by atoms with Crippen LogP contribution < -0.4 is 4.90 Å². The molecule has 13 rings (SSSR count). The van der Waals surface area contributed by atoms with Crippen LogP contribution in [0.3, 0.4) is 0 Å². The molecule has 2 aliphatic carbocycles. The number of benzene rings is 10. The van der Waals surface area contributed by atoms with Crippen molar-refractivity contribution in [3.63, 3.8) is 0 Å². The standard InChI is InChI=1S/C59H37NO/c1-3-16-38(17-4-1)39-30-32-42(33-31-39)60(54-28-15-29-55-57(54)56-44-21-8-7-20-41(44)36-49(58(56)61-55)40-18-5-2-6-19-40)43-34-35-48-47-24-11-14-27-52(47)59(53(48)37-43)50-25-12-9-22-45(50)46-23-10-13-26-51(46)59/h1-37H. The van der Waals surface area contributed by atoms with Gasteiger partial charge in [0.15, 0.2) is 0 Å². The molecule has 1 aromatic heterocycles. The second-order valence-corrected chi connectivity index (χ2v) is 16.3. The summed E-state index contributed by atoms with van der Waals surface area (Å²) in [5.41, 5.74) is 19.6. The van der Waals surface area contributed by atoms with Crippen LogP contribution >= 0.6 is 0 Å². The van der Waals surface area contributed by atoms with Crippen LogP contribution in [0.5, 0.6) is 0 Å². The molecule has 0 saturated heterocycles. The first kappa shape index (κ1) is 34.0. The van der Waals surface area contributed by atoms with Crippen LogP contribution in [0, 0.1) is 0 Å². The summed E-state index contributed by atoms with van der Waals surface area (Å²) in [4.78, 5) is 2.46. The van der Waals surface area contributed by atoms with Gasteiger partial charge >= 0.3 is 0 Å². The fraction of sp³-hybridized carbons (Fsp3) is 0.0169. The Morgan fingerprint density at radius 1 is 0.344 bits per heavy atom. The molecule has 1 spiro atoms. The molecular weight excluding hydrogens is 739 g/mol. The number of rotatable bonds is 5. The number of hydrogen-bond donors (Lipinski definition) is 0.